The number of nitrogens with zero attached hydrogens (tertiary/aromatic N) is 1. The Morgan fingerprint density at radius 2 is 1.96 bits per heavy atom. The first kappa shape index (κ1) is 15.3. The van der Waals surface area contributed by atoms with Crippen molar-refractivity contribution in [1.82, 2.24) is 4.90 Å². The summed E-state index contributed by atoms with van der Waals surface area (Å²) in [6.07, 6.45) is 0.452. The van der Waals surface area contributed by atoms with E-state index in [2.05, 4.69) is 6.58 Å². The number of hydrogen-bond acceptors (Lipinski definition) is 2. The third-order valence-electron chi connectivity index (χ3n) is 4.17. The van der Waals surface area contributed by atoms with Crippen LogP contribution in [-0.4, -0.2) is 24.0 Å². The Hall–Kier alpha value is -2.62. The largest absolute Gasteiger partial charge is 0.497 e. The minimum Gasteiger partial charge on any atom is -0.497 e. The van der Waals surface area contributed by atoms with Gasteiger partial charge in [0, 0.05) is 18.5 Å². The Bertz CT molecular complexity index is 739. The standard InChI is InChI=1S/C19H18FNO2/c1-13(20)18-11-15-5-3-4-6-17(15)19(22)21(18)12-14-7-9-16(23-2)10-8-14/h3-10,18H,1,11-12H2,2H3. The second-order valence-corrected chi connectivity index (χ2v) is 5.61. The van der Waals surface area contributed by atoms with E-state index in [0.717, 1.165) is 16.9 Å². The molecule has 0 bridgehead atoms. The van der Waals surface area contributed by atoms with Gasteiger partial charge in [0.15, 0.2) is 0 Å². The van der Waals surface area contributed by atoms with Crippen molar-refractivity contribution >= 4 is 5.91 Å². The maximum Gasteiger partial charge on any atom is 0.255 e. The van der Waals surface area contributed by atoms with E-state index in [4.69, 9.17) is 4.74 Å². The van der Waals surface area contributed by atoms with Crippen molar-refractivity contribution in [2.24, 2.45) is 0 Å². The fourth-order valence-electron chi connectivity index (χ4n) is 2.91. The summed E-state index contributed by atoms with van der Waals surface area (Å²) in [5.74, 6) is 0.100. The number of halogens is 1. The summed E-state index contributed by atoms with van der Waals surface area (Å²) >= 11 is 0. The average molecular weight is 311 g/mol. The van der Waals surface area contributed by atoms with Gasteiger partial charge < -0.3 is 9.64 Å². The fourth-order valence-corrected chi connectivity index (χ4v) is 2.91. The molecule has 0 aromatic heterocycles. The van der Waals surface area contributed by atoms with Gasteiger partial charge >= 0.3 is 0 Å². The number of methoxy groups -OCH3 is 1. The highest BCUT2D eigenvalue weighted by Crippen LogP contribution is 2.28. The van der Waals surface area contributed by atoms with Crippen LogP contribution < -0.4 is 4.74 Å². The van der Waals surface area contributed by atoms with Crippen LogP contribution >= 0.6 is 0 Å². The van der Waals surface area contributed by atoms with Crippen LogP contribution in [0.1, 0.15) is 21.5 Å². The zero-order valence-corrected chi connectivity index (χ0v) is 13.0. The van der Waals surface area contributed by atoms with Crippen molar-refractivity contribution in [2.75, 3.05) is 7.11 Å². The number of carbonyl (C=O) groups is 1. The first-order valence-electron chi connectivity index (χ1n) is 7.46. The van der Waals surface area contributed by atoms with Crippen molar-refractivity contribution in [3.63, 3.8) is 0 Å². The average Bonchev–Trinajstić information content (AvgIpc) is 2.57. The molecule has 2 aromatic carbocycles. The van der Waals surface area contributed by atoms with Crippen LogP contribution in [-0.2, 0) is 13.0 Å². The van der Waals surface area contributed by atoms with Crippen molar-refractivity contribution in [2.45, 2.75) is 19.0 Å². The van der Waals surface area contributed by atoms with E-state index >= 15 is 0 Å². The molecule has 3 rings (SSSR count). The number of amides is 1. The molecule has 1 heterocycles. The highest BCUT2D eigenvalue weighted by atomic mass is 19.1. The molecular weight excluding hydrogens is 293 g/mol. The molecule has 1 amide bonds. The lowest BCUT2D eigenvalue weighted by atomic mass is 9.92. The van der Waals surface area contributed by atoms with Gasteiger partial charge in [-0.05, 0) is 29.3 Å². The second kappa shape index (κ2) is 6.24. The van der Waals surface area contributed by atoms with Crippen LogP contribution in [0.5, 0.6) is 5.75 Å². The van der Waals surface area contributed by atoms with Crippen LogP contribution in [0.25, 0.3) is 0 Å². The van der Waals surface area contributed by atoms with Crippen molar-refractivity contribution < 1.29 is 13.9 Å². The Kier molecular flexibility index (Phi) is 4.15. The van der Waals surface area contributed by atoms with Crippen LogP contribution in [0.15, 0.2) is 60.9 Å². The number of benzene rings is 2. The first-order chi connectivity index (χ1) is 11.1. The Labute approximate surface area is 135 Å². The topological polar surface area (TPSA) is 29.5 Å². The number of hydrogen-bond donors (Lipinski definition) is 0. The van der Waals surface area contributed by atoms with Gasteiger partial charge in [-0.25, -0.2) is 4.39 Å². The maximum absolute atomic E-state index is 13.9. The van der Waals surface area contributed by atoms with Crippen LogP contribution in [0.3, 0.4) is 0 Å². The van der Waals surface area contributed by atoms with Gasteiger partial charge in [0.25, 0.3) is 5.91 Å². The van der Waals surface area contributed by atoms with Crippen LogP contribution in [0, 0.1) is 0 Å². The van der Waals surface area contributed by atoms with E-state index < -0.39 is 11.9 Å². The van der Waals surface area contributed by atoms with Gasteiger partial charge in [0.1, 0.15) is 11.6 Å². The predicted octanol–water partition coefficient (Wildman–Crippen LogP) is 3.75. The molecule has 1 aliphatic rings. The highest BCUT2D eigenvalue weighted by molar-refractivity contribution is 5.97. The molecule has 0 spiro atoms. The Morgan fingerprint density at radius 3 is 2.61 bits per heavy atom. The maximum atomic E-state index is 13.9. The summed E-state index contributed by atoms with van der Waals surface area (Å²) in [5, 5.41) is 0. The number of fused-ring (bicyclic) bond motifs is 1. The van der Waals surface area contributed by atoms with Crippen molar-refractivity contribution in [1.29, 1.82) is 0 Å². The van der Waals surface area contributed by atoms with Gasteiger partial charge in [-0.15, -0.1) is 0 Å². The zero-order chi connectivity index (χ0) is 16.4. The van der Waals surface area contributed by atoms with Gasteiger partial charge in [0.05, 0.1) is 13.2 Å². The van der Waals surface area contributed by atoms with Crippen molar-refractivity contribution in [3.05, 3.63) is 77.6 Å². The zero-order valence-electron chi connectivity index (χ0n) is 13.0. The molecule has 0 radical (unpaired) electrons. The monoisotopic (exact) mass is 311 g/mol. The van der Waals surface area contributed by atoms with Gasteiger partial charge in [-0.1, -0.05) is 36.9 Å². The van der Waals surface area contributed by atoms with E-state index in [9.17, 15) is 9.18 Å². The van der Waals surface area contributed by atoms with E-state index in [-0.39, 0.29) is 5.91 Å². The Morgan fingerprint density at radius 1 is 1.26 bits per heavy atom. The van der Waals surface area contributed by atoms with E-state index in [1.165, 1.54) is 0 Å². The quantitative estimate of drug-likeness (QED) is 0.861. The molecule has 0 fully saturated rings. The van der Waals surface area contributed by atoms with E-state index in [1.807, 2.05) is 42.5 Å². The SMILES string of the molecule is C=C(F)C1Cc2ccccc2C(=O)N1Cc1ccc(OC)cc1. The predicted molar refractivity (Wildman–Crippen MR) is 87.0 cm³/mol. The highest BCUT2D eigenvalue weighted by Gasteiger charge is 2.33. The molecular formula is C19H18FNO2. The third-order valence-corrected chi connectivity index (χ3v) is 4.17. The lowest BCUT2D eigenvalue weighted by Gasteiger charge is -2.35. The molecule has 1 aliphatic heterocycles. The lowest BCUT2D eigenvalue weighted by Crippen LogP contribution is -2.45. The minimum atomic E-state index is -0.625. The summed E-state index contributed by atoms with van der Waals surface area (Å²) in [4.78, 5) is 14.3. The summed E-state index contributed by atoms with van der Waals surface area (Å²) in [7, 11) is 1.60. The molecule has 23 heavy (non-hydrogen) atoms. The molecule has 118 valence electrons. The molecule has 2 aromatic rings. The van der Waals surface area contributed by atoms with Crippen LogP contribution in [0.2, 0.25) is 0 Å². The Balaban J connectivity index is 1.91. The lowest BCUT2D eigenvalue weighted by molar-refractivity contribution is 0.0644. The molecule has 0 saturated carbocycles. The summed E-state index contributed by atoms with van der Waals surface area (Å²) < 4.78 is 19.0. The molecule has 4 heteroatoms. The van der Waals surface area contributed by atoms with Gasteiger partial charge in [0.2, 0.25) is 0 Å². The molecule has 3 nitrogen and oxygen atoms in total. The summed E-state index contributed by atoms with van der Waals surface area (Å²) in [5.41, 5.74) is 2.43. The van der Waals surface area contributed by atoms with Gasteiger partial charge in [-0.2, -0.15) is 0 Å². The van der Waals surface area contributed by atoms with Crippen LogP contribution in [0.4, 0.5) is 4.39 Å². The smallest absolute Gasteiger partial charge is 0.255 e. The number of ether oxygens (including phenoxy) is 1. The second-order valence-electron chi connectivity index (χ2n) is 5.61. The summed E-state index contributed by atoms with van der Waals surface area (Å²) in [6.45, 7) is 3.76. The van der Waals surface area contributed by atoms with Gasteiger partial charge in [-0.3, -0.25) is 4.79 Å². The van der Waals surface area contributed by atoms with E-state index in [0.29, 0.717) is 18.5 Å². The minimum absolute atomic E-state index is 0.161. The molecule has 0 saturated heterocycles. The van der Waals surface area contributed by atoms with Crippen molar-refractivity contribution in [3.8, 4) is 5.75 Å². The molecule has 1 atom stereocenters. The number of carbonyl (C=O) groups excluding carboxylic acids is 1. The third kappa shape index (κ3) is 2.97. The summed E-state index contributed by atoms with van der Waals surface area (Å²) in [6, 6.07) is 14.1. The fraction of sp³-hybridized carbons (Fsp3) is 0.211. The van der Waals surface area contributed by atoms with E-state index in [1.54, 1.807) is 18.1 Å². The molecule has 1 unspecified atom stereocenters. The molecule has 0 aliphatic carbocycles. The first-order valence-corrected chi connectivity index (χ1v) is 7.46. The molecule has 0 N–H and O–H groups in total. The normalized spacial score (nSPS) is 16.9. The number of rotatable bonds is 4.